The zero-order valence-electron chi connectivity index (χ0n) is 12.1. The molecule has 0 saturated carbocycles. The van der Waals surface area contributed by atoms with Crippen LogP contribution in [-0.4, -0.2) is 55.6 Å². The molecule has 1 aromatic carbocycles. The minimum atomic E-state index is -0.475. The Morgan fingerprint density at radius 1 is 1.43 bits per heavy atom. The number of hydrogen-bond donors (Lipinski definition) is 1. The van der Waals surface area contributed by atoms with Crippen molar-refractivity contribution in [3.05, 3.63) is 33.8 Å². The Bertz CT molecular complexity index is 459. The van der Waals surface area contributed by atoms with Crippen molar-refractivity contribution in [2.45, 2.75) is 19.1 Å². The standard InChI is InChI=1S/C15H21Cl2NO3/c1-2-20-10-12(19)8-18-5-6-21-15(9-18)11-3-4-13(16)14(17)7-11/h3-4,7,12,15,19H,2,5-6,8-10H2,1H3/t12-,15+/m1/s1. The van der Waals surface area contributed by atoms with Gasteiger partial charge in [0.15, 0.2) is 0 Å². The van der Waals surface area contributed by atoms with Crippen molar-refractivity contribution < 1.29 is 14.6 Å². The SMILES string of the molecule is CCOC[C@H](O)CN1CCO[C@H](c2ccc(Cl)c(Cl)c2)C1. The summed E-state index contributed by atoms with van der Waals surface area (Å²) in [4.78, 5) is 2.18. The third-order valence-corrected chi connectivity index (χ3v) is 4.19. The number of ether oxygens (including phenoxy) is 2. The van der Waals surface area contributed by atoms with E-state index in [-0.39, 0.29) is 6.10 Å². The molecule has 21 heavy (non-hydrogen) atoms. The molecule has 4 nitrogen and oxygen atoms in total. The first-order valence-electron chi connectivity index (χ1n) is 7.15. The van der Waals surface area contributed by atoms with Crippen LogP contribution in [0.15, 0.2) is 18.2 Å². The highest BCUT2D eigenvalue weighted by molar-refractivity contribution is 6.42. The second-order valence-electron chi connectivity index (χ2n) is 5.11. The average Bonchev–Trinajstić information content (AvgIpc) is 2.48. The number of rotatable bonds is 6. The van der Waals surface area contributed by atoms with E-state index < -0.39 is 6.10 Å². The summed E-state index contributed by atoms with van der Waals surface area (Å²) in [6, 6.07) is 5.55. The first-order valence-corrected chi connectivity index (χ1v) is 7.90. The third-order valence-electron chi connectivity index (χ3n) is 3.45. The molecule has 1 fully saturated rings. The van der Waals surface area contributed by atoms with Crippen molar-refractivity contribution in [1.82, 2.24) is 4.90 Å². The summed E-state index contributed by atoms with van der Waals surface area (Å²) in [6.07, 6.45) is -0.523. The molecule has 2 atom stereocenters. The van der Waals surface area contributed by atoms with Crippen molar-refractivity contribution in [1.29, 1.82) is 0 Å². The highest BCUT2D eigenvalue weighted by atomic mass is 35.5. The normalized spacial score (nSPS) is 21.4. The lowest BCUT2D eigenvalue weighted by molar-refractivity contribution is -0.0517. The number of aliphatic hydroxyl groups excluding tert-OH is 1. The van der Waals surface area contributed by atoms with Crippen LogP contribution in [0.3, 0.4) is 0 Å². The molecule has 1 aliphatic rings. The van der Waals surface area contributed by atoms with Crippen molar-refractivity contribution in [3.63, 3.8) is 0 Å². The monoisotopic (exact) mass is 333 g/mol. The van der Waals surface area contributed by atoms with E-state index in [2.05, 4.69) is 4.90 Å². The van der Waals surface area contributed by atoms with Gasteiger partial charge in [-0.3, -0.25) is 4.90 Å². The summed E-state index contributed by atoms with van der Waals surface area (Å²) in [6.45, 7) is 5.65. The lowest BCUT2D eigenvalue weighted by Gasteiger charge is -2.34. The van der Waals surface area contributed by atoms with E-state index >= 15 is 0 Å². The molecule has 1 saturated heterocycles. The van der Waals surface area contributed by atoms with E-state index in [1.54, 1.807) is 6.07 Å². The molecule has 0 amide bonds. The summed E-state index contributed by atoms with van der Waals surface area (Å²) in [5.41, 5.74) is 1.01. The predicted molar refractivity (Wildman–Crippen MR) is 84.1 cm³/mol. The Balaban J connectivity index is 1.92. The second kappa shape index (κ2) is 8.32. The molecule has 1 aromatic rings. The zero-order chi connectivity index (χ0) is 15.2. The number of benzene rings is 1. The molecule has 6 heteroatoms. The number of aliphatic hydroxyl groups is 1. The number of hydrogen-bond acceptors (Lipinski definition) is 4. The van der Waals surface area contributed by atoms with Crippen LogP contribution >= 0.6 is 23.2 Å². The molecule has 1 aliphatic heterocycles. The molecule has 0 spiro atoms. The molecule has 118 valence electrons. The zero-order valence-corrected chi connectivity index (χ0v) is 13.6. The van der Waals surface area contributed by atoms with Crippen LogP contribution in [0.25, 0.3) is 0 Å². The maximum atomic E-state index is 9.92. The van der Waals surface area contributed by atoms with E-state index in [0.717, 1.165) is 18.7 Å². The summed E-state index contributed by atoms with van der Waals surface area (Å²) in [5, 5.41) is 11.0. The number of halogens is 2. The van der Waals surface area contributed by atoms with Crippen molar-refractivity contribution >= 4 is 23.2 Å². The molecule has 0 aromatic heterocycles. The topological polar surface area (TPSA) is 41.9 Å². The van der Waals surface area contributed by atoms with Crippen LogP contribution in [0, 0.1) is 0 Å². The predicted octanol–water partition coefficient (Wildman–Crippen LogP) is 2.76. The largest absolute Gasteiger partial charge is 0.389 e. The Hall–Kier alpha value is -0.360. The van der Waals surface area contributed by atoms with Crippen molar-refractivity contribution in [2.75, 3.05) is 39.5 Å². The lowest BCUT2D eigenvalue weighted by Crippen LogP contribution is -2.43. The summed E-state index contributed by atoms with van der Waals surface area (Å²) < 4.78 is 11.0. The van der Waals surface area contributed by atoms with Crippen molar-refractivity contribution in [2.24, 2.45) is 0 Å². The van der Waals surface area contributed by atoms with Crippen LogP contribution in [-0.2, 0) is 9.47 Å². The smallest absolute Gasteiger partial charge is 0.0952 e. The fourth-order valence-corrected chi connectivity index (χ4v) is 2.69. The van der Waals surface area contributed by atoms with Gasteiger partial charge in [-0.25, -0.2) is 0 Å². The minimum Gasteiger partial charge on any atom is -0.389 e. The summed E-state index contributed by atoms with van der Waals surface area (Å²) >= 11 is 12.0. The highest BCUT2D eigenvalue weighted by Crippen LogP contribution is 2.29. The highest BCUT2D eigenvalue weighted by Gasteiger charge is 2.24. The Morgan fingerprint density at radius 3 is 2.95 bits per heavy atom. The quantitative estimate of drug-likeness (QED) is 0.869. The third kappa shape index (κ3) is 5.09. The van der Waals surface area contributed by atoms with Gasteiger partial charge in [0.2, 0.25) is 0 Å². The summed E-state index contributed by atoms with van der Waals surface area (Å²) in [5.74, 6) is 0. The van der Waals surface area contributed by atoms with E-state index in [1.807, 2.05) is 19.1 Å². The van der Waals surface area contributed by atoms with Gasteiger partial charge in [0, 0.05) is 26.2 Å². The van der Waals surface area contributed by atoms with Gasteiger partial charge < -0.3 is 14.6 Å². The number of β-amino-alcohol motifs (C(OH)–C–C–N with tert-alkyl or cyclic N) is 1. The molecular formula is C15H21Cl2NO3. The van der Waals surface area contributed by atoms with Crippen LogP contribution in [0.4, 0.5) is 0 Å². The van der Waals surface area contributed by atoms with Crippen LogP contribution < -0.4 is 0 Å². The molecule has 0 aliphatic carbocycles. The van der Waals surface area contributed by atoms with Gasteiger partial charge >= 0.3 is 0 Å². The molecule has 1 N–H and O–H groups in total. The second-order valence-corrected chi connectivity index (χ2v) is 5.92. The lowest BCUT2D eigenvalue weighted by atomic mass is 10.1. The first-order chi connectivity index (χ1) is 10.1. The van der Waals surface area contributed by atoms with Gasteiger partial charge in [-0.05, 0) is 24.6 Å². The maximum Gasteiger partial charge on any atom is 0.0952 e. The van der Waals surface area contributed by atoms with Gasteiger partial charge in [-0.2, -0.15) is 0 Å². The molecule has 0 unspecified atom stereocenters. The molecule has 0 bridgehead atoms. The number of nitrogens with zero attached hydrogens (tertiary/aromatic N) is 1. The van der Waals surface area contributed by atoms with Gasteiger partial charge in [0.05, 0.1) is 35.5 Å². The average molecular weight is 334 g/mol. The summed E-state index contributed by atoms with van der Waals surface area (Å²) in [7, 11) is 0. The van der Waals surface area contributed by atoms with Gasteiger partial charge in [0.1, 0.15) is 0 Å². The maximum absolute atomic E-state index is 9.92. The number of morpholine rings is 1. The molecule has 0 radical (unpaired) electrons. The molecule has 2 rings (SSSR count). The van der Waals surface area contributed by atoms with Crippen molar-refractivity contribution in [3.8, 4) is 0 Å². The molecule has 1 heterocycles. The van der Waals surface area contributed by atoms with E-state index in [9.17, 15) is 5.11 Å². The van der Waals surface area contributed by atoms with E-state index in [4.69, 9.17) is 32.7 Å². The first kappa shape index (κ1) is 17.0. The van der Waals surface area contributed by atoms with E-state index in [0.29, 0.717) is 36.4 Å². The Morgan fingerprint density at radius 2 is 2.24 bits per heavy atom. The van der Waals surface area contributed by atoms with Gasteiger partial charge in [-0.15, -0.1) is 0 Å². The minimum absolute atomic E-state index is 0.0483. The van der Waals surface area contributed by atoms with Crippen LogP contribution in [0.1, 0.15) is 18.6 Å². The van der Waals surface area contributed by atoms with Crippen LogP contribution in [0.5, 0.6) is 0 Å². The van der Waals surface area contributed by atoms with Crippen LogP contribution in [0.2, 0.25) is 10.0 Å². The van der Waals surface area contributed by atoms with E-state index in [1.165, 1.54) is 0 Å². The Kier molecular flexibility index (Phi) is 6.74. The fourth-order valence-electron chi connectivity index (χ4n) is 2.39. The Labute approximate surface area is 135 Å². The van der Waals surface area contributed by atoms with Gasteiger partial charge in [0.25, 0.3) is 0 Å². The molecular weight excluding hydrogens is 313 g/mol. The van der Waals surface area contributed by atoms with Gasteiger partial charge in [-0.1, -0.05) is 29.3 Å². The fraction of sp³-hybridized carbons (Fsp3) is 0.600.